The molecular weight excluding hydrogens is 725 g/mol. The van der Waals surface area contributed by atoms with Gasteiger partial charge < -0.3 is 14.9 Å². The van der Waals surface area contributed by atoms with E-state index in [1.54, 1.807) is 22.7 Å². The van der Waals surface area contributed by atoms with Crippen LogP contribution in [0.3, 0.4) is 0 Å². The second-order valence-corrected chi connectivity index (χ2v) is 19.0. The number of fused-ring (bicyclic) bond motifs is 2. The third-order valence-electron chi connectivity index (χ3n) is 12.6. The van der Waals surface area contributed by atoms with Crippen LogP contribution in [0.4, 0.5) is 11.4 Å². The first-order valence-corrected chi connectivity index (χ1v) is 25.0. The molecule has 6 heteroatoms. The average Bonchev–Trinajstić information content (AvgIpc) is 4.02. The molecule has 0 aliphatic carbocycles. The van der Waals surface area contributed by atoms with Crippen molar-refractivity contribution in [3.8, 4) is 0 Å². The fourth-order valence-corrected chi connectivity index (χ4v) is 10.9. The second-order valence-electron chi connectivity index (χ2n) is 17.1. The van der Waals surface area contributed by atoms with Crippen molar-refractivity contribution in [2.45, 2.75) is 188 Å². The van der Waals surface area contributed by atoms with Gasteiger partial charge in [0.1, 0.15) is 0 Å². The van der Waals surface area contributed by atoms with E-state index in [-0.39, 0.29) is 5.91 Å². The van der Waals surface area contributed by atoms with E-state index in [1.165, 1.54) is 154 Å². The van der Waals surface area contributed by atoms with Gasteiger partial charge in [0, 0.05) is 44.5 Å². The topological polar surface area (TPSA) is 43.8 Å². The van der Waals surface area contributed by atoms with E-state index in [1.807, 2.05) is 0 Å². The number of carbonyl (C=O) groups is 1. The predicted molar refractivity (Wildman–Crippen MR) is 246 cm³/mol. The molecule has 4 nitrogen and oxygen atoms in total. The van der Waals surface area contributed by atoms with E-state index in [2.05, 4.69) is 84.7 Å². The van der Waals surface area contributed by atoms with Crippen molar-refractivity contribution in [3.05, 3.63) is 67.3 Å². The van der Waals surface area contributed by atoms with Gasteiger partial charge in [0.05, 0.1) is 11.3 Å². The van der Waals surface area contributed by atoms with Crippen LogP contribution in [0, 0.1) is 11.8 Å². The molecule has 2 aromatic heterocycles. The number of aliphatic hydroxyl groups excluding tert-OH is 1. The van der Waals surface area contributed by atoms with Crippen molar-refractivity contribution in [1.29, 1.82) is 0 Å². The van der Waals surface area contributed by atoms with Gasteiger partial charge in [0.15, 0.2) is 6.23 Å². The van der Waals surface area contributed by atoms with Crippen LogP contribution in [0.25, 0.3) is 11.1 Å². The molecule has 1 aromatic carbocycles. The van der Waals surface area contributed by atoms with Gasteiger partial charge in [-0.05, 0) is 72.5 Å². The van der Waals surface area contributed by atoms with Gasteiger partial charge >= 0.3 is 0 Å². The molecule has 4 heterocycles. The third-order valence-corrected chi connectivity index (χ3v) is 14.4. The molecule has 2 aliphatic rings. The molecule has 3 atom stereocenters. The minimum Gasteiger partial charge on any atom is -0.369 e. The van der Waals surface area contributed by atoms with E-state index in [9.17, 15) is 9.90 Å². The monoisotopic (exact) mass is 801 g/mol. The minimum atomic E-state index is -0.692. The number of amides is 1. The highest BCUT2D eigenvalue weighted by Gasteiger charge is 2.37. The third kappa shape index (κ3) is 12.3. The zero-order valence-electron chi connectivity index (χ0n) is 35.8. The number of carbonyl (C=O) groups excluding carboxylic acids is 1. The van der Waals surface area contributed by atoms with Gasteiger partial charge in [-0.25, -0.2) is 0 Å². The van der Waals surface area contributed by atoms with Crippen LogP contribution in [-0.4, -0.2) is 30.3 Å². The van der Waals surface area contributed by atoms with Crippen molar-refractivity contribution < 1.29 is 9.90 Å². The molecule has 0 bridgehead atoms. The van der Waals surface area contributed by atoms with Crippen molar-refractivity contribution in [3.63, 3.8) is 0 Å². The van der Waals surface area contributed by atoms with Gasteiger partial charge in [-0.15, -0.1) is 22.7 Å². The van der Waals surface area contributed by atoms with Crippen molar-refractivity contribution in [1.82, 2.24) is 0 Å². The summed E-state index contributed by atoms with van der Waals surface area (Å²) in [6.07, 6.45) is 29.9. The molecule has 3 unspecified atom stereocenters. The van der Waals surface area contributed by atoms with Crippen LogP contribution in [0.2, 0.25) is 0 Å². The summed E-state index contributed by atoms with van der Waals surface area (Å²) in [7, 11) is 0. The first-order valence-electron chi connectivity index (χ1n) is 23.3. The quantitative estimate of drug-likeness (QED) is 0.0683. The second kappa shape index (κ2) is 24.5. The first kappa shape index (κ1) is 44.7. The van der Waals surface area contributed by atoms with E-state index in [4.69, 9.17) is 0 Å². The summed E-state index contributed by atoms with van der Waals surface area (Å²) in [6, 6.07) is 13.1. The highest BCUT2D eigenvalue weighted by molar-refractivity contribution is 7.11. The zero-order chi connectivity index (χ0) is 39.5. The van der Waals surface area contributed by atoms with Crippen molar-refractivity contribution >= 4 is 51.1 Å². The number of hydrogen-bond donors (Lipinski definition) is 1. The van der Waals surface area contributed by atoms with Gasteiger partial charge in [-0.3, -0.25) is 4.79 Å². The lowest BCUT2D eigenvalue weighted by molar-refractivity contribution is -0.113. The maximum absolute atomic E-state index is 14.8. The van der Waals surface area contributed by atoms with Crippen LogP contribution in [-0.2, 0) is 4.79 Å². The molecule has 1 N–H and O–H groups in total. The molecule has 1 amide bonds. The number of hydrogen-bond acceptors (Lipinski definition) is 5. The van der Waals surface area contributed by atoms with E-state index >= 15 is 0 Å². The number of anilines is 2. The fourth-order valence-electron chi connectivity index (χ4n) is 9.31. The number of benzene rings is 1. The molecule has 0 radical (unpaired) electrons. The summed E-state index contributed by atoms with van der Waals surface area (Å²) >= 11 is 3.39. The highest BCUT2D eigenvalue weighted by atomic mass is 32.1. The average molecular weight is 801 g/mol. The molecule has 0 spiro atoms. The summed E-state index contributed by atoms with van der Waals surface area (Å²) < 4.78 is 0. The zero-order valence-corrected chi connectivity index (χ0v) is 37.4. The fraction of sp³-hybridized carbons (Fsp3) is 0.660. The molecule has 56 heavy (non-hydrogen) atoms. The Kier molecular flexibility index (Phi) is 19.5. The van der Waals surface area contributed by atoms with Crippen molar-refractivity contribution in [2.24, 2.45) is 11.8 Å². The van der Waals surface area contributed by atoms with Crippen LogP contribution >= 0.6 is 22.7 Å². The number of rotatable bonds is 30. The number of thiophene rings is 2. The summed E-state index contributed by atoms with van der Waals surface area (Å²) in [4.78, 5) is 21.5. The van der Waals surface area contributed by atoms with Gasteiger partial charge in [-0.1, -0.05) is 168 Å². The van der Waals surface area contributed by atoms with Gasteiger partial charge in [0.25, 0.3) is 5.91 Å². The Morgan fingerprint density at radius 1 is 0.571 bits per heavy atom. The first-order chi connectivity index (χ1) is 27.5. The Bertz CT molecular complexity index is 1680. The molecule has 0 fully saturated rings. The van der Waals surface area contributed by atoms with Crippen LogP contribution in [0.5, 0.6) is 0 Å². The molecule has 5 rings (SSSR count). The standard InChI is InChI=1S/C50H76N2O2S2/c1-5-9-13-17-19-23-29-39(27-21-15-11-7-3)37-51-43-35-42-44(36-41(43)47(49(51)53)45-31-25-33-55-45)52(50(54)48(42)46-32-26-34-56-46)38-40(28-22-16-12-8-4)30-24-20-18-14-10-6-2/h25-26,31-36,39-40,49,53H,5-24,27-30,37-38H2,1-4H3. The van der Waals surface area contributed by atoms with Crippen molar-refractivity contribution in [2.75, 3.05) is 22.9 Å². The molecule has 3 aromatic rings. The maximum atomic E-state index is 14.8. The van der Waals surface area contributed by atoms with Crippen LogP contribution < -0.4 is 20.2 Å². The lowest BCUT2D eigenvalue weighted by Crippen LogP contribution is -2.37. The summed E-state index contributed by atoms with van der Waals surface area (Å²) in [6.45, 7) is 10.8. The van der Waals surface area contributed by atoms with Crippen LogP contribution in [0.1, 0.15) is 192 Å². The lowest BCUT2D eigenvalue weighted by Gasteiger charge is -2.31. The number of aliphatic hydroxyl groups is 1. The normalized spacial score (nSPS) is 16.3. The lowest BCUT2D eigenvalue weighted by atomic mass is 9.93. The summed E-state index contributed by atoms with van der Waals surface area (Å²) in [5, 5.41) is 18.8. The van der Waals surface area contributed by atoms with E-state index in [0.29, 0.717) is 11.8 Å². The Morgan fingerprint density at radius 2 is 1.02 bits per heavy atom. The minimum absolute atomic E-state index is 0.161. The Labute approximate surface area is 349 Å². The van der Waals surface area contributed by atoms with Gasteiger partial charge in [-0.2, -0.15) is 0 Å². The Balaban J connectivity index is 1.49. The smallest absolute Gasteiger partial charge is 0.260 e. The van der Waals surface area contributed by atoms with Gasteiger partial charge in [0.2, 0.25) is 0 Å². The number of nitrogens with zero attached hydrogens (tertiary/aromatic N) is 2. The maximum Gasteiger partial charge on any atom is 0.260 e. The molecule has 2 aliphatic heterocycles. The molecular formula is C50H76N2O2S2. The van der Waals surface area contributed by atoms with Crippen LogP contribution in [0.15, 0.2) is 47.2 Å². The Hall–Kier alpha value is -2.41. The van der Waals surface area contributed by atoms with E-state index < -0.39 is 6.23 Å². The van der Waals surface area contributed by atoms with E-state index in [0.717, 1.165) is 55.8 Å². The molecule has 0 saturated heterocycles. The number of unbranched alkanes of at least 4 members (excludes halogenated alkanes) is 16. The summed E-state index contributed by atoms with van der Waals surface area (Å²) in [5.41, 5.74) is 4.02. The molecule has 310 valence electrons. The molecule has 0 saturated carbocycles. The largest absolute Gasteiger partial charge is 0.369 e. The Morgan fingerprint density at radius 3 is 1.52 bits per heavy atom. The SMILES string of the molecule is CCCCCCCCC(CCCCCC)CN1C(=O)C(c2cccs2)=c2cc3c(cc21)=C(c1cccs1)C(O)N3CC(CCCCCC)CCCCCCCC. The summed E-state index contributed by atoms with van der Waals surface area (Å²) in [5.74, 6) is 1.18. The highest BCUT2D eigenvalue weighted by Crippen LogP contribution is 2.37. The predicted octanol–water partition coefficient (Wildman–Crippen LogP) is 13.4.